The molecule has 2 aromatic rings. The standard InChI is InChI=1S/C21H28ClN3O/c1-4-24(5-2)14-15-25(16-18-11-7-6-8-12-18)21(26)23-20-17(3)10-9-13-19(20)22/h6-13H,4-5,14-16H2,1-3H3,(H,23,26). The van der Waals surface area contributed by atoms with E-state index in [1.165, 1.54) is 0 Å². The highest BCUT2D eigenvalue weighted by molar-refractivity contribution is 6.33. The predicted molar refractivity (Wildman–Crippen MR) is 110 cm³/mol. The summed E-state index contributed by atoms with van der Waals surface area (Å²) in [6.45, 7) is 10.2. The average molecular weight is 374 g/mol. The van der Waals surface area contributed by atoms with Crippen molar-refractivity contribution in [3.63, 3.8) is 0 Å². The summed E-state index contributed by atoms with van der Waals surface area (Å²) in [5, 5.41) is 3.55. The lowest BCUT2D eigenvalue weighted by atomic mass is 10.2. The van der Waals surface area contributed by atoms with Crippen molar-refractivity contribution in [1.82, 2.24) is 9.80 Å². The molecule has 0 saturated heterocycles. The van der Waals surface area contributed by atoms with Crippen LogP contribution in [0, 0.1) is 6.92 Å². The van der Waals surface area contributed by atoms with Gasteiger partial charge >= 0.3 is 6.03 Å². The first-order valence-corrected chi connectivity index (χ1v) is 9.50. The van der Waals surface area contributed by atoms with Gasteiger partial charge in [-0.1, -0.05) is 67.9 Å². The van der Waals surface area contributed by atoms with Gasteiger partial charge in [-0.2, -0.15) is 0 Å². The highest BCUT2D eigenvalue weighted by Gasteiger charge is 2.17. The zero-order chi connectivity index (χ0) is 18.9. The summed E-state index contributed by atoms with van der Waals surface area (Å²) in [5.41, 5.74) is 2.74. The van der Waals surface area contributed by atoms with Gasteiger partial charge in [-0.3, -0.25) is 0 Å². The molecule has 0 atom stereocenters. The smallest absolute Gasteiger partial charge is 0.319 e. The van der Waals surface area contributed by atoms with Crippen LogP contribution in [0.1, 0.15) is 25.0 Å². The second kappa shape index (κ2) is 10.2. The van der Waals surface area contributed by atoms with Crippen molar-refractivity contribution in [3.8, 4) is 0 Å². The molecular formula is C21H28ClN3O. The minimum absolute atomic E-state index is 0.128. The number of likely N-dealkylation sites (N-methyl/N-ethyl adjacent to an activating group) is 1. The summed E-state index contributed by atoms with van der Waals surface area (Å²) < 4.78 is 0. The summed E-state index contributed by atoms with van der Waals surface area (Å²) in [5.74, 6) is 0. The Bertz CT molecular complexity index is 681. The van der Waals surface area contributed by atoms with E-state index in [9.17, 15) is 4.79 Å². The molecule has 0 aliphatic carbocycles. The van der Waals surface area contributed by atoms with E-state index in [1.54, 1.807) is 6.07 Å². The molecule has 2 aromatic carbocycles. The van der Waals surface area contributed by atoms with Crippen molar-refractivity contribution in [2.45, 2.75) is 27.3 Å². The molecule has 4 nitrogen and oxygen atoms in total. The van der Waals surface area contributed by atoms with Crippen molar-refractivity contribution < 1.29 is 4.79 Å². The van der Waals surface area contributed by atoms with Crippen molar-refractivity contribution in [3.05, 3.63) is 64.7 Å². The van der Waals surface area contributed by atoms with E-state index in [0.29, 0.717) is 23.8 Å². The number of anilines is 1. The number of para-hydroxylation sites is 1. The van der Waals surface area contributed by atoms with Crippen LogP contribution in [0.5, 0.6) is 0 Å². The number of nitrogens with zero attached hydrogens (tertiary/aromatic N) is 2. The summed E-state index contributed by atoms with van der Waals surface area (Å²) in [7, 11) is 0. The molecule has 0 fully saturated rings. The molecule has 26 heavy (non-hydrogen) atoms. The molecule has 0 aromatic heterocycles. The number of amides is 2. The molecule has 0 bridgehead atoms. The minimum atomic E-state index is -0.128. The number of hydrogen-bond donors (Lipinski definition) is 1. The third kappa shape index (κ3) is 5.75. The van der Waals surface area contributed by atoms with Crippen LogP contribution in [0.15, 0.2) is 48.5 Å². The van der Waals surface area contributed by atoms with E-state index in [-0.39, 0.29) is 6.03 Å². The van der Waals surface area contributed by atoms with Crippen LogP contribution in [0.3, 0.4) is 0 Å². The Morgan fingerprint density at radius 3 is 2.31 bits per heavy atom. The van der Waals surface area contributed by atoms with Gasteiger partial charge in [-0.15, -0.1) is 0 Å². The molecule has 0 aliphatic heterocycles. The van der Waals surface area contributed by atoms with Gasteiger partial charge in [0.15, 0.2) is 0 Å². The average Bonchev–Trinajstić information content (AvgIpc) is 2.65. The quantitative estimate of drug-likeness (QED) is 0.704. The van der Waals surface area contributed by atoms with Gasteiger partial charge in [-0.05, 0) is 37.2 Å². The topological polar surface area (TPSA) is 35.6 Å². The highest BCUT2D eigenvalue weighted by Crippen LogP contribution is 2.25. The first-order chi connectivity index (χ1) is 12.5. The molecule has 1 N–H and O–H groups in total. The normalized spacial score (nSPS) is 10.8. The molecule has 0 saturated carbocycles. The van der Waals surface area contributed by atoms with Crippen molar-refractivity contribution in [2.75, 3.05) is 31.5 Å². The molecule has 0 unspecified atom stereocenters. The van der Waals surface area contributed by atoms with E-state index < -0.39 is 0 Å². The van der Waals surface area contributed by atoms with Crippen molar-refractivity contribution in [1.29, 1.82) is 0 Å². The number of urea groups is 1. The van der Waals surface area contributed by atoms with Gasteiger partial charge in [-0.25, -0.2) is 4.79 Å². The van der Waals surface area contributed by atoms with Crippen LogP contribution in [0.4, 0.5) is 10.5 Å². The lowest BCUT2D eigenvalue weighted by Crippen LogP contribution is -2.40. The van der Waals surface area contributed by atoms with Crippen LogP contribution in [-0.4, -0.2) is 42.0 Å². The number of aryl methyl sites for hydroxylation is 1. The van der Waals surface area contributed by atoms with Gasteiger partial charge in [0.25, 0.3) is 0 Å². The molecule has 0 aliphatic rings. The molecule has 2 amide bonds. The third-order valence-electron chi connectivity index (χ3n) is 4.54. The Morgan fingerprint density at radius 1 is 1.00 bits per heavy atom. The Kier molecular flexibility index (Phi) is 7.95. The van der Waals surface area contributed by atoms with Crippen LogP contribution < -0.4 is 5.32 Å². The Labute approximate surface area is 161 Å². The second-order valence-corrected chi connectivity index (χ2v) is 6.70. The molecule has 0 radical (unpaired) electrons. The van der Waals surface area contributed by atoms with Crippen LogP contribution in [0.2, 0.25) is 5.02 Å². The number of carbonyl (C=O) groups is 1. The molecule has 140 valence electrons. The third-order valence-corrected chi connectivity index (χ3v) is 4.85. The van der Waals surface area contributed by atoms with E-state index in [2.05, 4.69) is 24.1 Å². The predicted octanol–water partition coefficient (Wildman–Crippen LogP) is 5.02. The number of hydrogen-bond acceptors (Lipinski definition) is 2. The Hall–Kier alpha value is -2.04. The maximum Gasteiger partial charge on any atom is 0.322 e. The zero-order valence-electron chi connectivity index (χ0n) is 15.8. The van der Waals surface area contributed by atoms with Gasteiger partial charge in [0.2, 0.25) is 0 Å². The fourth-order valence-electron chi connectivity index (χ4n) is 2.83. The lowest BCUT2D eigenvalue weighted by Gasteiger charge is -2.27. The van der Waals surface area contributed by atoms with E-state index >= 15 is 0 Å². The van der Waals surface area contributed by atoms with Gasteiger partial charge in [0.05, 0.1) is 10.7 Å². The van der Waals surface area contributed by atoms with Gasteiger partial charge in [0.1, 0.15) is 0 Å². The Morgan fingerprint density at radius 2 is 1.69 bits per heavy atom. The lowest BCUT2D eigenvalue weighted by molar-refractivity contribution is 0.194. The minimum Gasteiger partial charge on any atom is -0.319 e. The van der Waals surface area contributed by atoms with Gasteiger partial charge < -0.3 is 15.1 Å². The summed E-state index contributed by atoms with van der Waals surface area (Å²) in [6, 6.07) is 15.5. The van der Waals surface area contributed by atoms with Crippen LogP contribution in [0.25, 0.3) is 0 Å². The molecule has 5 heteroatoms. The van der Waals surface area contributed by atoms with Crippen LogP contribution >= 0.6 is 11.6 Å². The largest absolute Gasteiger partial charge is 0.322 e. The van der Waals surface area contributed by atoms with Gasteiger partial charge in [0, 0.05) is 19.6 Å². The van der Waals surface area contributed by atoms with E-state index in [1.807, 2.05) is 54.3 Å². The first-order valence-electron chi connectivity index (χ1n) is 9.12. The fraction of sp³-hybridized carbons (Fsp3) is 0.381. The molecule has 0 heterocycles. The maximum absolute atomic E-state index is 12.9. The molecular weight excluding hydrogens is 346 g/mol. The zero-order valence-corrected chi connectivity index (χ0v) is 16.6. The maximum atomic E-state index is 12.9. The van der Waals surface area contributed by atoms with E-state index in [0.717, 1.165) is 30.8 Å². The molecule has 0 spiro atoms. The fourth-order valence-corrected chi connectivity index (χ4v) is 3.10. The van der Waals surface area contributed by atoms with E-state index in [4.69, 9.17) is 11.6 Å². The number of nitrogens with one attached hydrogen (secondary N) is 1. The Balaban J connectivity index is 2.14. The second-order valence-electron chi connectivity index (χ2n) is 6.30. The first kappa shape index (κ1) is 20.3. The number of halogens is 1. The summed E-state index contributed by atoms with van der Waals surface area (Å²) >= 11 is 6.27. The number of carbonyl (C=O) groups excluding carboxylic acids is 1. The monoisotopic (exact) mass is 373 g/mol. The highest BCUT2D eigenvalue weighted by atomic mass is 35.5. The van der Waals surface area contributed by atoms with Crippen molar-refractivity contribution >= 4 is 23.3 Å². The molecule has 2 rings (SSSR count). The number of benzene rings is 2. The summed E-state index contributed by atoms with van der Waals surface area (Å²) in [4.78, 5) is 17.1. The van der Waals surface area contributed by atoms with Crippen LogP contribution in [-0.2, 0) is 6.54 Å². The van der Waals surface area contributed by atoms with Crippen molar-refractivity contribution in [2.24, 2.45) is 0 Å². The number of rotatable bonds is 8. The SMILES string of the molecule is CCN(CC)CCN(Cc1ccccc1)C(=O)Nc1c(C)cccc1Cl. The summed E-state index contributed by atoms with van der Waals surface area (Å²) in [6.07, 6.45) is 0.